The van der Waals surface area contributed by atoms with Crippen molar-refractivity contribution >= 4 is 5.78 Å². The van der Waals surface area contributed by atoms with E-state index < -0.39 is 0 Å². The van der Waals surface area contributed by atoms with Gasteiger partial charge in [-0.15, -0.1) is 0 Å². The Morgan fingerprint density at radius 3 is 2.35 bits per heavy atom. The SMILES string of the molecule is COc1ccc(C(=O)Cn2ccnc2C2C3CC4CC(C3)CC2C4)cc1. The summed E-state index contributed by atoms with van der Waals surface area (Å²) in [6.07, 6.45) is 10.8. The van der Waals surface area contributed by atoms with Gasteiger partial charge < -0.3 is 9.30 Å². The zero-order valence-corrected chi connectivity index (χ0v) is 15.3. The molecule has 1 aromatic carbocycles. The van der Waals surface area contributed by atoms with Crippen LogP contribution in [-0.4, -0.2) is 22.4 Å². The van der Waals surface area contributed by atoms with E-state index in [0.717, 1.165) is 40.8 Å². The molecule has 4 saturated carbocycles. The van der Waals surface area contributed by atoms with Crippen LogP contribution in [0.15, 0.2) is 36.7 Å². The van der Waals surface area contributed by atoms with Crippen LogP contribution < -0.4 is 4.74 Å². The van der Waals surface area contributed by atoms with E-state index in [1.807, 2.05) is 36.7 Å². The fourth-order valence-electron chi connectivity index (χ4n) is 6.12. The topological polar surface area (TPSA) is 44.1 Å². The first-order valence-electron chi connectivity index (χ1n) is 9.89. The van der Waals surface area contributed by atoms with E-state index >= 15 is 0 Å². The first-order chi connectivity index (χ1) is 12.7. The second kappa shape index (κ2) is 6.26. The van der Waals surface area contributed by atoms with Crippen LogP contribution in [0.5, 0.6) is 5.75 Å². The van der Waals surface area contributed by atoms with Crippen molar-refractivity contribution in [3.05, 3.63) is 48.0 Å². The number of ketones is 1. The first-order valence-corrected chi connectivity index (χ1v) is 9.89. The molecule has 0 radical (unpaired) electrons. The summed E-state index contributed by atoms with van der Waals surface area (Å²) in [5.41, 5.74) is 0.732. The molecule has 4 fully saturated rings. The molecule has 4 bridgehead atoms. The molecular weight excluding hydrogens is 324 g/mol. The van der Waals surface area contributed by atoms with Gasteiger partial charge in [-0.2, -0.15) is 0 Å². The molecule has 1 aromatic heterocycles. The molecule has 6 rings (SSSR count). The smallest absolute Gasteiger partial charge is 0.182 e. The molecule has 0 unspecified atom stereocenters. The number of aromatic nitrogens is 2. The van der Waals surface area contributed by atoms with Crippen LogP contribution in [0.2, 0.25) is 0 Å². The number of carbonyl (C=O) groups excluding carboxylic acids is 1. The van der Waals surface area contributed by atoms with Crippen LogP contribution in [0.3, 0.4) is 0 Å². The van der Waals surface area contributed by atoms with Gasteiger partial charge >= 0.3 is 0 Å². The lowest BCUT2D eigenvalue weighted by molar-refractivity contribution is -0.00671. The van der Waals surface area contributed by atoms with Crippen molar-refractivity contribution in [2.24, 2.45) is 23.7 Å². The lowest BCUT2D eigenvalue weighted by Crippen LogP contribution is -2.44. The first kappa shape index (κ1) is 16.1. The molecule has 2 aromatic rings. The van der Waals surface area contributed by atoms with Crippen molar-refractivity contribution in [3.8, 4) is 5.75 Å². The summed E-state index contributed by atoms with van der Waals surface area (Å²) in [6, 6.07) is 7.39. The molecule has 0 amide bonds. The quantitative estimate of drug-likeness (QED) is 0.755. The summed E-state index contributed by atoms with van der Waals surface area (Å²) >= 11 is 0. The van der Waals surface area contributed by atoms with Crippen molar-refractivity contribution in [1.82, 2.24) is 9.55 Å². The largest absolute Gasteiger partial charge is 0.497 e. The highest BCUT2D eigenvalue weighted by molar-refractivity contribution is 5.96. The zero-order valence-electron chi connectivity index (χ0n) is 15.3. The molecule has 4 heteroatoms. The van der Waals surface area contributed by atoms with E-state index in [-0.39, 0.29) is 5.78 Å². The van der Waals surface area contributed by atoms with Crippen molar-refractivity contribution in [1.29, 1.82) is 0 Å². The molecular formula is C22H26N2O2. The van der Waals surface area contributed by atoms with Gasteiger partial charge in [0.05, 0.1) is 13.7 Å². The Kier molecular flexibility index (Phi) is 3.87. The molecule has 4 aliphatic carbocycles. The predicted octanol–water partition coefficient (Wildman–Crippen LogP) is 4.31. The van der Waals surface area contributed by atoms with Crippen LogP contribution in [-0.2, 0) is 6.54 Å². The monoisotopic (exact) mass is 350 g/mol. The molecule has 0 N–H and O–H groups in total. The standard InChI is InChI=1S/C22H26N2O2/c1-26-19-4-2-16(3-5-19)20(25)13-24-7-6-23-22(24)21-17-9-14-8-15(11-17)12-18(21)10-14/h2-7,14-15,17-18,21H,8-13H2,1H3. The molecule has 0 saturated heterocycles. The molecule has 136 valence electrons. The van der Waals surface area contributed by atoms with E-state index in [9.17, 15) is 4.79 Å². The average Bonchev–Trinajstić information content (AvgIpc) is 3.09. The van der Waals surface area contributed by atoms with Gasteiger partial charge in [-0.1, -0.05) is 0 Å². The number of rotatable bonds is 5. The number of carbonyl (C=O) groups is 1. The number of benzene rings is 1. The minimum atomic E-state index is 0.135. The van der Waals surface area contributed by atoms with Crippen molar-refractivity contribution < 1.29 is 9.53 Å². The number of hydrogen-bond acceptors (Lipinski definition) is 3. The lowest BCUT2D eigenvalue weighted by atomic mass is 9.51. The van der Waals surface area contributed by atoms with E-state index in [1.54, 1.807) is 7.11 Å². The van der Waals surface area contributed by atoms with Gasteiger partial charge in [-0.25, -0.2) is 4.98 Å². The van der Waals surface area contributed by atoms with Gasteiger partial charge in [0.15, 0.2) is 5.78 Å². The zero-order chi connectivity index (χ0) is 17.7. The van der Waals surface area contributed by atoms with E-state index in [2.05, 4.69) is 4.57 Å². The summed E-state index contributed by atoms with van der Waals surface area (Å²) < 4.78 is 7.29. The van der Waals surface area contributed by atoms with E-state index in [4.69, 9.17) is 9.72 Å². The number of nitrogens with zero attached hydrogens (tertiary/aromatic N) is 2. The average molecular weight is 350 g/mol. The number of Topliss-reactive ketones (excluding diaryl/α,β-unsaturated/α-hetero) is 1. The summed E-state index contributed by atoms with van der Waals surface area (Å²) in [5, 5.41) is 0. The molecule has 0 aliphatic heterocycles. The maximum absolute atomic E-state index is 12.8. The third-order valence-electron chi connectivity index (χ3n) is 7.00. The normalized spacial score (nSPS) is 32.0. The minimum Gasteiger partial charge on any atom is -0.497 e. The van der Waals surface area contributed by atoms with Gasteiger partial charge in [-0.05, 0) is 80.0 Å². The Balaban J connectivity index is 1.37. The van der Waals surface area contributed by atoms with E-state index in [0.29, 0.717) is 12.5 Å². The van der Waals surface area contributed by atoms with Crippen LogP contribution in [0.25, 0.3) is 0 Å². The third kappa shape index (κ3) is 2.67. The Morgan fingerprint density at radius 1 is 1.08 bits per heavy atom. The van der Waals surface area contributed by atoms with Gasteiger partial charge in [-0.3, -0.25) is 4.79 Å². The lowest BCUT2D eigenvalue weighted by Gasteiger charge is -2.54. The van der Waals surface area contributed by atoms with Crippen molar-refractivity contribution in [2.45, 2.75) is 44.6 Å². The molecule has 0 atom stereocenters. The molecule has 26 heavy (non-hydrogen) atoms. The Labute approximate surface area is 154 Å². The Morgan fingerprint density at radius 2 is 1.73 bits per heavy atom. The Bertz CT molecular complexity index is 780. The molecule has 1 heterocycles. The summed E-state index contributed by atoms with van der Waals surface area (Å²) in [4.78, 5) is 17.5. The van der Waals surface area contributed by atoms with Crippen LogP contribution in [0.1, 0.15) is 54.2 Å². The van der Waals surface area contributed by atoms with E-state index in [1.165, 1.54) is 32.1 Å². The molecule has 4 aliphatic rings. The van der Waals surface area contributed by atoms with Gasteiger partial charge in [0.25, 0.3) is 0 Å². The van der Waals surface area contributed by atoms with Crippen LogP contribution in [0.4, 0.5) is 0 Å². The highest BCUT2D eigenvalue weighted by Crippen LogP contribution is 2.59. The molecule has 0 spiro atoms. The predicted molar refractivity (Wildman–Crippen MR) is 99.3 cm³/mol. The Hall–Kier alpha value is -2.10. The highest BCUT2D eigenvalue weighted by atomic mass is 16.5. The van der Waals surface area contributed by atoms with Gasteiger partial charge in [0.2, 0.25) is 0 Å². The highest BCUT2D eigenvalue weighted by Gasteiger charge is 2.49. The van der Waals surface area contributed by atoms with Crippen LogP contribution in [0, 0.1) is 23.7 Å². The molecule has 4 nitrogen and oxygen atoms in total. The number of ether oxygens (including phenoxy) is 1. The van der Waals surface area contributed by atoms with Gasteiger partial charge in [0.1, 0.15) is 11.6 Å². The van der Waals surface area contributed by atoms with Gasteiger partial charge in [0, 0.05) is 23.9 Å². The maximum atomic E-state index is 12.8. The summed E-state index contributed by atoms with van der Waals surface area (Å²) in [6.45, 7) is 0.379. The fraction of sp³-hybridized carbons (Fsp3) is 0.545. The summed E-state index contributed by atoms with van der Waals surface area (Å²) in [7, 11) is 1.64. The second-order valence-corrected chi connectivity index (χ2v) is 8.52. The van der Waals surface area contributed by atoms with Crippen molar-refractivity contribution in [3.63, 3.8) is 0 Å². The van der Waals surface area contributed by atoms with Crippen molar-refractivity contribution in [2.75, 3.05) is 7.11 Å². The minimum absolute atomic E-state index is 0.135. The maximum Gasteiger partial charge on any atom is 0.182 e. The number of hydrogen-bond donors (Lipinski definition) is 0. The third-order valence-corrected chi connectivity index (χ3v) is 7.00. The second-order valence-electron chi connectivity index (χ2n) is 8.52. The fourth-order valence-corrected chi connectivity index (χ4v) is 6.12. The number of imidazole rings is 1. The van der Waals surface area contributed by atoms with Crippen LogP contribution >= 0.6 is 0 Å². The number of methoxy groups -OCH3 is 1. The summed E-state index contributed by atoms with van der Waals surface area (Å²) in [5.74, 6) is 6.10.